The second kappa shape index (κ2) is 17.3. The van der Waals surface area contributed by atoms with Crippen molar-refractivity contribution in [3.05, 3.63) is 131 Å². The van der Waals surface area contributed by atoms with E-state index in [1.807, 2.05) is 0 Å². The summed E-state index contributed by atoms with van der Waals surface area (Å²) in [7, 11) is -8.84. The normalized spacial score (nSPS) is 12.0. The summed E-state index contributed by atoms with van der Waals surface area (Å²) in [6, 6.07) is 17.8. The minimum Gasteiger partial charge on any atom is -0.326 e. The number of benzene rings is 4. The van der Waals surface area contributed by atoms with Gasteiger partial charge in [-0.15, -0.1) is 15.0 Å². The molecule has 60 heavy (non-hydrogen) atoms. The number of halogens is 8. The van der Waals surface area contributed by atoms with Gasteiger partial charge in [-0.3, -0.25) is 9.59 Å². The highest BCUT2D eigenvalue weighted by Gasteiger charge is 2.36. The van der Waals surface area contributed by atoms with Crippen LogP contribution in [0.15, 0.2) is 107 Å². The molecule has 0 radical (unpaired) electrons. The number of aromatic nitrogens is 6. The Morgan fingerprint density at radius 2 is 1.10 bits per heavy atom. The van der Waals surface area contributed by atoms with Gasteiger partial charge in [-0.05, 0) is 59.7 Å². The van der Waals surface area contributed by atoms with Gasteiger partial charge in [0.2, 0.25) is 31.9 Å². The average molecular weight is 887 g/mol. The fraction of sp³-hybridized carbons (Fsp3) is 0.118. The molecule has 16 nitrogen and oxygen atoms in total. The molecule has 0 unspecified atom stereocenters. The van der Waals surface area contributed by atoms with Crippen LogP contribution in [0.25, 0.3) is 11.4 Å². The summed E-state index contributed by atoms with van der Waals surface area (Å²) in [5.74, 6) is -2.46. The molecule has 26 heteroatoms. The van der Waals surface area contributed by atoms with Crippen LogP contribution in [0.2, 0.25) is 0 Å². The maximum atomic E-state index is 13.7. The van der Waals surface area contributed by atoms with E-state index in [-0.39, 0.29) is 46.7 Å². The fourth-order valence-electron chi connectivity index (χ4n) is 5.05. The Morgan fingerprint density at radius 1 is 0.650 bits per heavy atom. The number of carbonyl (C=O) groups is 2. The first-order valence-corrected chi connectivity index (χ1v) is 19.4. The van der Waals surface area contributed by atoms with Crippen molar-refractivity contribution in [2.45, 2.75) is 35.0 Å². The van der Waals surface area contributed by atoms with Gasteiger partial charge in [-0.2, -0.15) is 31.4 Å². The van der Waals surface area contributed by atoms with Gasteiger partial charge in [0, 0.05) is 11.4 Å². The first-order valence-electron chi connectivity index (χ1n) is 16.3. The smallest absolute Gasteiger partial charge is 0.326 e. The van der Waals surface area contributed by atoms with Crippen molar-refractivity contribution in [1.82, 2.24) is 30.0 Å². The summed E-state index contributed by atoms with van der Waals surface area (Å²) in [6.45, 7) is 0. The van der Waals surface area contributed by atoms with Crippen LogP contribution in [0.4, 0.5) is 46.5 Å². The number of primary sulfonamides is 2. The quantitative estimate of drug-likeness (QED) is 0.140. The highest BCUT2D eigenvalue weighted by molar-refractivity contribution is 7.89. The summed E-state index contributed by atoms with van der Waals surface area (Å²) in [4.78, 5) is 23.6. The fourth-order valence-corrected chi connectivity index (χ4v) is 6.53. The topological polar surface area (TPSA) is 240 Å². The van der Waals surface area contributed by atoms with Gasteiger partial charge in [0.25, 0.3) is 0 Å². The highest BCUT2D eigenvalue weighted by atomic mass is 32.2. The first-order chi connectivity index (χ1) is 27.9. The van der Waals surface area contributed by atoms with Crippen molar-refractivity contribution in [3.8, 4) is 11.4 Å². The zero-order chi connectivity index (χ0) is 44.2. The molecule has 0 aliphatic rings. The van der Waals surface area contributed by atoms with Crippen LogP contribution in [-0.2, 0) is 54.8 Å². The number of nitrogens with two attached hydrogens (primary N) is 2. The predicted octanol–water partition coefficient (Wildman–Crippen LogP) is 4.51. The molecule has 316 valence electrons. The molecule has 6 rings (SSSR count). The Kier molecular flexibility index (Phi) is 12.8. The molecule has 0 bridgehead atoms. The van der Waals surface area contributed by atoms with E-state index < -0.39 is 77.0 Å². The molecule has 2 amide bonds. The van der Waals surface area contributed by atoms with Gasteiger partial charge in [0.15, 0.2) is 11.4 Å². The van der Waals surface area contributed by atoms with Crippen molar-refractivity contribution in [3.63, 3.8) is 0 Å². The number of anilines is 2. The summed E-state index contributed by atoms with van der Waals surface area (Å²) in [5.41, 5.74) is -3.09. The molecular weight excluding hydrogens is 861 g/mol. The lowest BCUT2D eigenvalue weighted by atomic mass is 10.1. The van der Waals surface area contributed by atoms with Crippen LogP contribution in [0.5, 0.6) is 0 Å². The number of sulfonamides is 2. The summed E-state index contributed by atoms with van der Waals surface area (Å²) >= 11 is 0. The molecule has 0 aliphatic heterocycles. The van der Waals surface area contributed by atoms with Crippen LogP contribution >= 0.6 is 0 Å². The number of amides is 2. The van der Waals surface area contributed by atoms with Gasteiger partial charge < -0.3 is 10.6 Å². The molecule has 2 aromatic heterocycles. The maximum absolute atomic E-state index is 13.7. The summed E-state index contributed by atoms with van der Waals surface area (Å²) in [5, 5.41) is 28.0. The van der Waals surface area contributed by atoms with E-state index in [2.05, 4.69) is 31.1 Å². The van der Waals surface area contributed by atoms with E-state index >= 15 is 0 Å². The number of nitrogens with one attached hydrogen (secondary N) is 2. The minimum absolute atomic E-state index is 0.0136. The van der Waals surface area contributed by atoms with E-state index in [1.54, 1.807) is 12.1 Å². The van der Waals surface area contributed by atoms with Crippen LogP contribution < -0.4 is 20.9 Å². The van der Waals surface area contributed by atoms with Crippen molar-refractivity contribution in [2.75, 3.05) is 10.6 Å². The predicted molar refractivity (Wildman–Crippen MR) is 193 cm³/mol. The van der Waals surface area contributed by atoms with E-state index in [0.717, 1.165) is 24.3 Å². The molecule has 6 aromatic rings. The zero-order valence-corrected chi connectivity index (χ0v) is 31.4. The van der Waals surface area contributed by atoms with Gasteiger partial charge in [-0.25, -0.2) is 40.6 Å². The summed E-state index contributed by atoms with van der Waals surface area (Å²) in [6.07, 6.45) is -9.27. The number of hydrogen-bond acceptors (Lipinski definition) is 10. The third kappa shape index (κ3) is 11.3. The number of nitrogens with zero attached hydrogens (tertiary/aromatic N) is 6. The Bertz CT molecular complexity index is 2610. The van der Waals surface area contributed by atoms with Crippen LogP contribution in [0.1, 0.15) is 22.5 Å². The van der Waals surface area contributed by atoms with E-state index in [9.17, 15) is 61.5 Å². The average Bonchev–Trinajstić information content (AvgIpc) is 3.85. The van der Waals surface area contributed by atoms with Crippen molar-refractivity contribution in [1.29, 1.82) is 0 Å². The van der Waals surface area contributed by atoms with Crippen LogP contribution in [0, 0.1) is 11.6 Å². The lowest BCUT2D eigenvalue weighted by Gasteiger charge is -2.11. The maximum Gasteiger partial charge on any atom is 0.436 e. The Labute approximate surface area is 332 Å². The molecule has 0 fully saturated rings. The first kappa shape index (κ1) is 44.5. The molecule has 0 aliphatic carbocycles. The van der Waals surface area contributed by atoms with Gasteiger partial charge in [0.05, 0.1) is 30.9 Å². The molecule has 0 saturated carbocycles. The molecule has 4 aromatic carbocycles. The van der Waals surface area contributed by atoms with Crippen molar-refractivity contribution in [2.24, 2.45) is 10.3 Å². The molecule has 6 N–H and O–H groups in total. The standard InChI is InChI=1S/2C17H13F4N5O3S/c18-12-4-2-1-3-10(12)7-16(27)23-11-5-6-13(14(8-11)30(22,28)29)26-9-15(24-25-26)17(19,20)21;18-12-4-2-1-3-10(12)7-16(27)24-11-5-6-13(14(8-11)30(22,28)29)26-23-9-15(25-26)17(19,20)21/h1-6,8-9H,7H2,(H,23,27)(H2,22,28,29);1-6,8-9H,7H2,(H,24,27)(H2,22,28,29). The Morgan fingerprint density at radius 3 is 1.52 bits per heavy atom. The second-order valence-electron chi connectivity index (χ2n) is 12.2. The van der Waals surface area contributed by atoms with Crippen molar-refractivity contribution >= 4 is 43.2 Å². The van der Waals surface area contributed by atoms with E-state index in [4.69, 9.17) is 10.3 Å². The Hall–Kier alpha value is -6.64. The lowest BCUT2D eigenvalue weighted by Crippen LogP contribution is -2.19. The number of carbonyl (C=O) groups excluding carboxylic acids is 2. The monoisotopic (exact) mass is 886 g/mol. The molecule has 0 spiro atoms. The Balaban J connectivity index is 0.000000228. The lowest BCUT2D eigenvalue weighted by molar-refractivity contribution is -0.142. The van der Waals surface area contributed by atoms with Crippen LogP contribution in [-0.4, -0.2) is 58.6 Å². The molecule has 0 atom stereocenters. The number of hydrogen-bond donors (Lipinski definition) is 4. The summed E-state index contributed by atoms with van der Waals surface area (Å²) < 4.78 is 152. The molecule has 2 heterocycles. The van der Waals surface area contributed by atoms with Crippen molar-refractivity contribution < 1.29 is 61.5 Å². The number of alkyl halides is 6. The van der Waals surface area contributed by atoms with E-state index in [1.165, 1.54) is 48.5 Å². The van der Waals surface area contributed by atoms with Gasteiger partial charge in [-0.1, -0.05) is 41.6 Å². The minimum atomic E-state index is -4.78. The third-order valence-corrected chi connectivity index (χ3v) is 9.63. The highest BCUT2D eigenvalue weighted by Crippen LogP contribution is 2.30. The zero-order valence-electron chi connectivity index (χ0n) is 29.8. The van der Waals surface area contributed by atoms with Gasteiger partial charge >= 0.3 is 12.4 Å². The van der Waals surface area contributed by atoms with E-state index in [0.29, 0.717) is 21.9 Å². The number of rotatable bonds is 10. The van der Waals surface area contributed by atoms with Crippen LogP contribution in [0.3, 0.4) is 0 Å². The third-order valence-electron chi connectivity index (χ3n) is 7.75. The SMILES string of the molecule is NS(=O)(=O)c1cc(NC(=O)Cc2ccccc2F)ccc1-n1cc(C(F)(F)F)nn1.NS(=O)(=O)c1cc(NC(=O)Cc2ccccc2F)ccc1-n1ncc(C(F)(F)F)n1. The molecular formula is C34H26F8N10O6S2. The van der Waals surface area contributed by atoms with Gasteiger partial charge in [0.1, 0.15) is 27.1 Å². The second-order valence-corrected chi connectivity index (χ2v) is 15.2. The molecule has 0 saturated heterocycles. The largest absolute Gasteiger partial charge is 0.436 e.